The van der Waals surface area contributed by atoms with Gasteiger partial charge in [-0.15, -0.1) is 0 Å². The Balaban J connectivity index is 3.06. The Kier molecular flexibility index (Phi) is 2.53. The van der Waals surface area contributed by atoms with Crippen LogP contribution in [0.1, 0.15) is 11.6 Å². The minimum absolute atomic E-state index is 0.0136. The molecule has 3 nitrogen and oxygen atoms in total. The summed E-state index contributed by atoms with van der Waals surface area (Å²) >= 11 is 0.0136. The quantitative estimate of drug-likeness (QED) is 0.404. The Labute approximate surface area is 70.6 Å². The molecule has 56 valence electrons. The van der Waals surface area contributed by atoms with Crippen LogP contribution in [0.25, 0.3) is 0 Å². The molecular formula is C6H9IN3-. The number of aryl methyl sites for hydroxylation is 2. The fourth-order valence-electron chi connectivity index (χ4n) is 0.661. The van der Waals surface area contributed by atoms with E-state index in [0.29, 0.717) is 0 Å². The molecule has 0 atom stereocenters. The third-order valence-electron chi connectivity index (χ3n) is 1.00. The molecule has 0 spiro atoms. The Hall–Kier alpha value is -0.260. The summed E-state index contributed by atoms with van der Waals surface area (Å²) in [5.41, 5.74) is 0. The summed E-state index contributed by atoms with van der Waals surface area (Å²) in [6.07, 6.45) is 0. The Morgan fingerprint density at radius 1 is 1.00 bits per heavy atom. The Morgan fingerprint density at radius 2 is 1.50 bits per heavy atom. The molecule has 0 radical (unpaired) electrons. The molecule has 0 saturated carbocycles. The molecule has 0 aliphatic heterocycles. The van der Waals surface area contributed by atoms with E-state index >= 15 is 0 Å². The van der Waals surface area contributed by atoms with Crippen LogP contribution in [0, 0.1) is 17.7 Å². The molecule has 1 aromatic heterocycles. The van der Waals surface area contributed by atoms with E-state index in [-0.39, 0.29) is 21.2 Å². The van der Waals surface area contributed by atoms with Crippen LogP contribution in [-0.2, 0) is 0 Å². The van der Waals surface area contributed by atoms with E-state index in [9.17, 15) is 0 Å². The van der Waals surface area contributed by atoms with Crippen molar-refractivity contribution in [3.63, 3.8) is 0 Å². The van der Waals surface area contributed by atoms with Crippen LogP contribution >= 0.6 is 0 Å². The Morgan fingerprint density at radius 3 is 1.90 bits per heavy atom. The maximum absolute atomic E-state index is 4.18. The summed E-state index contributed by atoms with van der Waals surface area (Å²) in [5, 5.41) is 0. The molecule has 0 aliphatic carbocycles. The number of halogens is 1. The summed E-state index contributed by atoms with van der Waals surface area (Å²) in [6, 6.07) is 0. The fraction of sp³-hybridized carbons (Fsp3) is 0.500. The van der Waals surface area contributed by atoms with Crippen molar-refractivity contribution >= 4 is 0 Å². The topological polar surface area (TPSA) is 38.7 Å². The molecular weight excluding hydrogens is 241 g/mol. The van der Waals surface area contributed by atoms with Crippen molar-refractivity contribution in [2.45, 2.75) is 13.8 Å². The van der Waals surface area contributed by atoms with Gasteiger partial charge in [-0.05, 0) is 0 Å². The monoisotopic (exact) mass is 250 g/mol. The first kappa shape index (κ1) is 7.84. The van der Waals surface area contributed by atoms with E-state index in [4.69, 9.17) is 0 Å². The van der Waals surface area contributed by atoms with Gasteiger partial charge in [0.2, 0.25) is 0 Å². The summed E-state index contributed by atoms with van der Waals surface area (Å²) in [6.45, 7) is 3.80. The van der Waals surface area contributed by atoms with Crippen LogP contribution in [0.15, 0.2) is 0 Å². The number of hydrogen-bond acceptors (Lipinski definition) is 3. The number of nitrogens with zero attached hydrogens (tertiary/aromatic N) is 3. The molecule has 4 heteroatoms. The van der Waals surface area contributed by atoms with Crippen LogP contribution in [0.5, 0.6) is 0 Å². The van der Waals surface area contributed by atoms with E-state index in [2.05, 4.69) is 19.9 Å². The zero-order valence-corrected chi connectivity index (χ0v) is 8.38. The van der Waals surface area contributed by atoms with Crippen molar-refractivity contribution in [3.05, 3.63) is 15.5 Å². The minimum atomic E-state index is 0.0136. The van der Waals surface area contributed by atoms with Crippen LogP contribution in [0.4, 0.5) is 0 Å². The van der Waals surface area contributed by atoms with Crippen molar-refractivity contribution in [1.29, 1.82) is 0 Å². The van der Waals surface area contributed by atoms with Crippen molar-refractivity contribution in [3.8, 4) is 0 Å². The summed E-state index contributed by atoms with van der Waals surface area (Å²) in [5.74, 6) is 1.67. The van der Waals surface area contributed by atoms with Crippen molar-refractivity contribution in [2.75, 3.05) is 4.93 Å². The van der Waals surface area contributed by atoms with E-state index in [1.807, 2.05) is 13.8 Å². The molecule has 0 unspecified atom stereocenters. The predicted octanol–water partition coefficient (Wildman–Crippen LogP) is -2.62. The van der Waals surface area contributed by atoms with Gasteiger partial charge in [-0.3, -0.25) is 0 Å². The van der Waals surface area contributed by atoms with Crippen molar-refractivity contribution in [1.82, 2.24) is 15.0 Å². The van der Waals surface area contributed by atoms with Crippen LogP contribution in [-0.4, -0.2) is 19.9 Å². The second-order valence-corrected chi connectivity index (χ2v) is 3.93. The van der Waals surface area contributed by atoms with Crippen LogP contribution in [0.2, 0.25) is 0 Å². The van der Waals surface area contributed by atoms with E-state index in [1.54, 1.807) is 0 Å². The van der Waals surface area contributed by atoms with Crippen molar-refractivity contribution in [2.24, 2.45) is 0 Å². The van der Waals surface area contributed by atoms with Gasteiger partial charge in [-0.1, -0.05) is 0 Å². The zero-order valence-electron chi connectivity index (χ0n) is 6.22. The summed E-state index contributed by atoms with van der Waals surface area (Å²) in [4.78, 5) is 14.6. The molecule has 0 fully saturated rings. The third kappa shape index (κ3) is 1.86. The van der Waals surface area contributed by atoms with Gasteiger partial charge in [0, 0.05) is 0 Å². The van der Waals surface area contributed by atoms with Gasteiger partial charge in [0.1, 0.15) is 0 Å². The van der Waals surface area contributed by atoms with Gasteiger partial charge in [0.15, 0.2) is 0 Å². The van der Waals surface area contributed by atoms with Gasteiger partial charge >= 0.3 is 70.4 Å². The second kappa shape index (κ2) is 3.23. The third-order valence-corrected chi connectivity index (χ3v) is 2.45. The van der Waals surface area contributed by atoms with Crippen LogP contribution < -0.4 is 21.2 Å². The van der Waals surface area contributed by atoms with Gasteiger partial charge < -0.3 is 0 Å². The zero-order chi connectivity index (χ0) is 7.56. The summed E-state index contributed by atoms with van der Waals surface area (Å²) < 4.78 is 0.990. The molecule has 1 heterocycles. The van der Waals surface area contributed by atoms with Crippen molar-refractivity contribution < 1.29 is 21.2 Å². The molecule has 1 aromatic rings. The predicted molar refractivity (Wildman–Crippen MR) is 33.9 cm³/mol. The average molecular weight is 250 g/mol. The summed E-state index contributed by atoms with van der Waals surface area (Å²) in [7, 11) is 0. The first-order valence-corrected chi connectivity index (χ1v) is 6.14. The van der Waals surface area contributed by atoms with Gasteiger partial charge in [-0.25, -0.2) is 0 Å². The molecule has 0 N–H and O–H groups in total. The first-order chi connectivity index (χ1) is 4.72. The molecule has 0 bridgehead atoms. The molecule has 0 aliphatic rings. The number of alkyl halides is 1. The van der Waals surface area contributed by atoms with E-state index in [1.165, 1.54) is 0 Å². The number of hydrogen-bond donors (Lipinski definition) is 0. The molecule has 0 aromatic carbocycles. The van der Waals surface area contributed by atoms with Gasteiger partial charge in [-0.2, -0.15) is 0 Å². The molecule has 1 rings (SSSR count). The van der Waals surface area contributed by atoms with Gasteiger partial charge in [0.05, 0.1) is 0 Å². The van der Waals surface area contributed by atoms with Gasteiger partial charge in [0.25, 0.3) is 0 Å². The maximum atomic E-state index is 4.18. The molecule has 0 saturated heterocycles. The molecule has 0 amide bonds. The normalized spacial score (nSPS) is 10.3. The standard InChI is InChI=1S/C6H9IN3/c1-4-8-5(2)10-6(7-3)9-4/h1-3H3/q-1. The average Bonchev–Trinajstić information content (AvgIpc) is 1.85. The van der Waals surface area contributed by atoms with E-state index < -0.39 is 0 Å². The molecule has 10 heavy (non-hydrogen) atoms. The first-order valence-electron chi connectivity index (χ1n) is 2.91. The van der Waals surface area contributed by atoms with E-state index in [0.717, 1.165) is 15.5 Å². The number of rotatable bonds is 1. The second-order valence-electron chi connectivity index (χ2n) is 1.89. The SMILES string of the molecule is C[I-]c1nc(C)nc(C)n1. The van der Waals surface area contributed by atoms with Crippen LogP contribution in [0.3, 0.4) is 0 Å². The number of aromatic nitrogens is 3. The fourth-order valence-corrected chi connectivity index (χ4v) is 1.84. The Bertz CT molecular complexity index is 216.